The van der Waals surface area contributed by atoms with E-state index in [2.05, 4.69) is 27.4 Å². The largest absolute Gasteiger partial charge is 0.407 e. The van der Waals surface area contributed by atoms with Crippen molar-refractivity contribution in [3.8, 4) is 0 Å². The molecule has 0 aliphatic carbocycles. The first-order chi connectivity index (χ1) is 8.22. The second kappa shape index (κ2) is 5.46. The van der Waals surface area contributed by atoms with Crippen molar-refractivity contribution in [2.45, 2.75) is 32.2 Å². The highest BCUT2D eigenvalue weighted by atomic mass is 35.5. The van der Waals surface area contributed by atoms with E-state index in [1.165, 1.54) is 4.88 Å². The van der Waals surface area contributed by atoms with Crippen molar-refractivity contribution in [1.29, 1.82) is 0 Å². The predicted molar refractivity (Wildman–Crippen MR) is 67.4 cm³/mol. The predicted octanol–water partition coefficient (Wildman–Crippen LogP) is 3.00. The van der Waals surface area contributed by atoms with Gasteiger partial charge < -0.3 is 9.73 Å². The lowest BCUT2D eigenvalue weighted by Gasteiger charge is -2.07. The van der Waals surface area contributed by atoms with E-state index in [9.17, 15) is 0 Å². The van der Waals surface area contributed by atoms with E-state index >= 15 is 0 Å². The van der Waals surface area contributed by atoms with Crippen LogP contribution in [0.15, 0.2) is 10.6 Å². The quantitative estimate of drug-likeness (QED) is 0.848. The summed E-state index contributed by atoms with van der Waals surface area (Å²) in [6, 6.07) is 0.422. The molecule has 0 aliphatic rings. The summed E-state index contributed by atoms with van der Waals surface area (Å²) in [4.78, 5) is 5.61. The van der Waals surface area contributed by atoms with Gasteiger partial charge in [0.2, 0.25) is 5.89 Å². The highest BCUT2D eigenvalue weighted by Crippen LogP contribution is 2.23. The molecule has 0 bridgehead atoms. The number of anilines is 1. The summed E-state index contributed by atoms with van der Waals surface area (Å²) in [5, 5.41) is 11.7. The molecule has 0 aliphatic heterocycles. The van der Waals surface area contributed by atoms with Crippen molar-refractivity contribution in [2.24, 2.45) is 0 Å². The molecule has 2 aromatic heterocycles. The van der Waals surface area contributed by atoms with Gasteiger partial charge in [0.25, 0.3) is 0 Å². The molecule has 0 amide bonds. The summed E-state index contributed by atoms with van der Waals surface area (Å²) in [5.41, 5.74) is 0. The van der Waals surface area contributed by atoms with Crippen LogP contribution in [0.5, 0.6) is 0 Å². The molecule has 0 spiro atoms. The third-order valence-corrected chi connectivity index (χ3v) is 3.76. The van der Waals surface area contributed by atoms with Crippen LogP contribution in [0, 0.1) is 0 Å². The van der Waals surface area contributed by atoms with Crippen LogP contribution in [0.2, 0.25) is 0 Å². The molecule has 7 heteroatoms. The standard InChI is InChI=1S/C10H13ClN4OS/c1-3-7-5-12-9(17-7)6(2)13-10-15-14-8(4-11)16-10/h5-6H,3-4H2,1-2H3,(H,13,15). The van der Waals surface area contributed by atoms with Crippen molar-refractivity contribution in [1.82, 2.24) is 15.2 Å². The summed E-state index contributed by atoms with van der Waals surface area (Å²) < 4.78 is 5.27. The Labute approximate surface area is 108 Å². The number of rotatable bonds is 5. The van der Waals surface area contributed by atoms with Gasteiger partial charge in [0.05, 0.1) is 6.04 Å². The van der Waals surface area contributed by atoms with E-state index < -0.39 is 0 Å². The highest BCUT2D eigenvalue weighted by Gasteiger charge is 2.13. The van der Waals surface area contributed by atoms with Gasteiger partial charge in [-0.1, -0.05) is 12.0 Å². The van der Waals surface area contributed by atoms with Gasteiger partial charge in [0, 0.05) is 11.1 Å². The molecule has 2 rings (SSSR count). The Morgan fingerprint density at radius 1 is 1.53 bits per heavy atom. The van der Waals surface area contributed by atoms with Crippen LogP contribution in [0.4, 0.5) is 6.01 Å². The van der Waals surface area contributed by atoms with Crippen LogP contribution >= 0.6 is 22.9 Å². The fourth-order valence-corrected chi connectivity index (χ4v) is 2.27. The molecule has 0 radical (unpaired) electrons. The summed E-state index contributed by atoms with van der Waals surface area (Å²) in [7, 11) is 0. The smallest absolute Gasteiger partial charge is 0.316 e. The average Bonchev–Trinajstić information content (AvgIpc) is 2.96. The van der Waals surface area contributed by atoms with Crippen LogP contribution in [-0.4, -0.2) is 15.2 Å². The van der Waals surface area contributed by atoms with Crippen LogP contribution in [-0.2, 0) is 12.3 Å². The minimum Gasteiger partial charge on any atom is -0.407 e. The van der Waals surface area contributed by atoms with Crippen molar-refractivity contribution >= 4 is 29.0 Å². The number of halogens is 1. The molecule has 0 saturated carbocycles. The van der Waals surface area contributed by atoms with Crippen molar-refractivity contribution in [3.05, 3.63) is 22.0 Å². The molecule has 0 aromatic carbocycles. The zero-order valence-corrected chi connectivity index (χ0v) is 11.2. The van der Waals surface area contributed by atoms with Gasteiger partial charge in [-0.3, -0.25) is 0 Å². The van der Waals surface area contributed by atoms with E-state index in [-0.39, 0.29) is 11.9 Å². The van der Waals surface area contributed by atoms with Gasteiger partial charge in [0.15, 0.2) is 0 Å². The molecular formula is C10H13ClN4OS. The van der Waals surface area contributed by atoms with Gasteiger partial charge >= 0.3 is 6.01 Å². The molecule has 1 atom stereocenters. The van der Waals surface area contributed by atoms with Gasteiger partial charge in [-0.2, -0.15) is 0 Å². The zero-order chi connectivity index (χ0) is 12.3. The summed E-state index contributed by atoms with van der Waals surface area (Å²) in [6.45, 7) is 4.11. The lowest BCUT2D eigenvalue weighted by atomic mass is 10.4. The zero-order valence-electron chi connectivity index (χ0n) is 9.61. The number of hydrogen-bond acceptors (Lipinski definition) is 6. The Morgan fingerprint density at radius 2 is 2.35 bits per heavy atom. The molecular weight excluding hydrogens is 260 g/mol. The average molecular weight is 273 g/mol. The Balaban J connectivity index is 2.02. The number of aromatic nitrogens is 3. The third-order valence-electron chi connectivity index (χ3n) is 2.21. The van der Waals surface area contributed by atoms with E-state index in [0.717, 1.165) is 11.4 Å². The SMILES string of the molecule is CCc1cnc(C(C)Nc2nnc(CCl)o2)s1. The molecule has 0 fully saturated rings. The van der Waals surface area contributed by atoms with E-state index in [0.29, 0.717) is 11.9 Å². The number of hydrogen-bond donors (Lipinski definition) is 1. The van der Waals surface area contributed by atoms with Gasteiger partial charge in [-0.25, -0.2) is 4.98 Å². The molecule has 5 nitrogen and oxygen atoms in total. The number of thiazole rings is 1. The van der Waals surface area contributed by atoms with E-state index in [1.807, 2.05) is 13.1 Å². The van der Waals surface area contributed by atoms with Crippen LogP contribution in [0.3, 0.4) is 0 Å². The minimum absolute atomic E-state index is 0.0453. The second-order valence-electron chi connectivity index (χ2n) is 3.52. The first kappa shape index (κ1) is 12.3. The molecule has 92 valence electrons. The first-order valence-corrected chi connectivity index (χ1v) is 6.67. The van der Waals surface area contributed by atoms with Crippen molar-refractivity contribution in [3.63, 3.8) is 0 Å². The monoisotopic (exact) mass is 272 g/mol. The number of nitrogens with one attached hydrogen (secondary N) is 1. The third kappa shape index (κ3) is 2.95. The molecule has 1 N–H and O–H groups in total. The van der Waals surface area contributed by atoms with Crippen LogP contribution in [0.25, 0.3) is 0 Å². The topological polar surface area (TPSA) is 63.8 Å². The maximum atomic E-state index is 5.58. The van der Waals surface area contributed by atoms with E-state index in [1.54, 1.807) is 11.3 Å². The maximum Gasteiger partial charge on any atom is 0.316 e. The lowest BCUT2D eigenvalue weighted by molar-refractivity contribution is 0.520. The Bertz CT molecular complexity index is 484. The van der Waals surface area contributed by atoms with Crippen LogP contribution < -0.4 is 5.32 Å². The Hall–Kier alpha value is -1.14. The van der Waals surface area contributed by atoms with Gasteiger partial charge in [-0.05, 0) is 13.3 Å². The second-order valence-corrected chi connectivity index (χ2v) is 4.93. The van der Waals surface area contributed by atoms with Gasteiger partial charge in [0.1, 0.15) is 10.9 Å². The normalized spacial score (nSPS) is 12.6. The minimum atomic E-state index is 0.0453. The summed E-state index contributed by atoms with van der Waals surface area (Å²) >= 11 is 7.26. The van der Waals surface area contributed by atoms with E-state index in [4.69, 9.17) is 16.0 Å². The molecule has 2 heterocycles. The highest BCUT2D eigenvalue weighted by molar-refractivity contribution is 7.11. The van der Waals surface area contributed by atoms with Crippen molar-refractivity contribution < 1.29 is 4.42 Å². The summed E-state index contributed by atoms with van der Waals surface area (Å²) in [6.07, 6.45) is 2.90. The number of aryl methyl sites for hydroxylation is 1. The lowest BCUT2D eigenvalue weighted by Crippen LogP contribution is -2.06. The molecule has 1 unspecified atom stereocenters. The number of alkyl halides is 1. The van der Waals surface area contributed by atoms with Gasteiger partial charge in [-0.15, -0.1) is 28.0 Å². The summed E-state index contributed by atoms with van der Waals surface area (Å²) in [5.74, 6) is 0.634. The first-order valence-electron chi connectivity index (χ1n) is 5.32. The molecule has 2 aromatic rings. The molecule has 0 saturated heterocycles. The maximum absolute atomic E-state index is 5.58. The fourth-order valence-electron chi connectivity index (χ4n) is 1.30. The number of nitrogens with zero attached hydrogens (tertiary/aromatic N) is 3. The van der Waals surface area contributed by atoms with Crippen LogP contribution in [0.1, 0.15) is 35.7 Å². The molecule has 17 heavy (non-hydrogen) atoms. The Morgan fingerprint density at radius 3 is 2.94 bits per heavy atom. The Kier molecular flexibility index (Phi) is 3.96. The van der Waals surface area contributed by atoms with Crippen molar-refractivity contribution in [2.75, 3.05) is 5.32 Å². The fraction of sp³-hybridized carbons (Fsp3) is 0.500.